The van der Waals surface area contributed by atoms with Crippen molar-refractivity contribution in [2.45, 2.75) is 36.6 Å². The zero-order valence-corrected chi connectivity index (χ0v) is 28.4. The molecule has 26 heteroatoms. The topological polar surface area (TPSA) is 319 Å². The monoisotopic (exact) mass is 588 g/mol. The third-order valence-electron chi connectivity index (χ3n) is 3.01. The van der Waals surface area contributed by atoms with Crippen LogP contribution in [0.25, 0.3) is 0 Å². The van der Waals surface area contributed by atoms with Crippen molar-refractivity contribution in [2.75, 3.05) is 0 Å². The SMILES string of the molecule is O=P([O-])(O)O[C@@H]1[C@H](OP(=O)([O-])O)[C@H](OP(=O)([O-])O)[C@@H](O)[C@H](O)[C@H]1OP(=O)([O-])O.[Na+].[Na+].[Na+].[Na+]. The van der Waals surface area contributed by atoms with E-state index in [2.05, 4.69) is 18.1 Å². The molecule has 1 aliphatic carbocycles. The maximum Gasteiger partial charge on any atom is 1.00 e. The van der Waals surface area contributed by atoms with Crippen LogP contribution in [-0.2, 0) is 36.4 Å². The van der Waals surface area contributed by atoms with Crippen molar-refractivity contribution in [2.24, 2.45) is 0 Å². The van der Waals surface area contributed by atoms with Gasteiger partial charge in [-0.2, -0.15) is 0 Å². The Labute approximate surface area is 268 Å². The van der Waals surface area contributed by atoms with Gasteiger partial charge < -0.3 is 67.5 Å². The molecule has 0 spiro atoms. The fraction of sp³-hybridized carbons (Fsp3) is 1.00. The number of phosphoric acid groups is 4. The molecule has 4 unspecified atom stereocenters. The van der Waals surface area contributed by atoms with Crippen LogP contribution < -0.4 is 138 Å². The fourth-order valence-corrected chi connectivity index (χ4v) is 4.45. The van der Waals surface area contributed by atoms with Gasteiger partial charge in [0, 0.05) is 0 Å². The second-order valence-electron chi connectivity index (χ2n) is 5.14. The summed E-state index contributed by atoms with van der Waals surface area (Å²) in [4.78, 5) is 78.7. The number of aliphatic hydroxyl groups excluding tert-OH is 2. The molecule has 0 saturated heterocycles. The number of hydrogen-bond acceptors (Lipinski definition) is 14. The summed E-state index contributed by atoms with van der Waals surface area (Å²) in [6.07, 6.45) is -16.7. The Morgan fingerprint density at radius 2 is 0.625 bits per heavy atom. The minimum absolute atomic E-state index is 0. The standard InChI is InChI=1S/C6H16O18P4.4Na/c7-1-2(8)4(22-26(12,13)14)6(24-28(18,19)20)5(23-27(15,16)17)3(1)21-25(9,10)11;;;;/h1-8H,(H2,9,10,11)(H2,12,13,14)(H2,15,16,17)(H2,18,19,20);;;;/q;4*+1/p-4/t1-,2-,3+,4+,5-,6+;;;;/m0..../s1. The van der Waals surface area contributed by atoms with Gasteiger partial charge in [0.25, 0.3) is 31.3 Å². The van der Waals surface area contributed by atoms with Gasteiger partial charge in [0.15, 0.2) is 0 Å². The smallest absolute Gasteiger partial charge is 0.756 e. The zero-order chi connectivity index (χ0) is 22.3. The van der Waals surface area contributed by atoms with Crippen LogP contribution in [0.3, 0.4) is 0 Å². The van der Waals surface area contributed by atoms with Gasteiger partial charge in [0.05, 0.1) is 0 Å². The van der Waals surface area contributed by atoms with Crippen LogP contribution in [0.2, 0.25) is 0 Å². The van der Waals surface area contributed by atoms with Crippen molar-refractivity contribution >= 4 is 31.3 Å². The van der Waals surface area contributed by atoms with Gasteiger partial charge in [-0.1, -0.05) is 0 Å². The van der Waals surface area contributed by atoms with Gasteiger partial charge in [0.2, 0.25) is 0 Å². The molecule has 32 heavy (non-hydrogen) atoms. The summed E-state index contributed by atoms with van der Waals surface area (Å²) < 4.78 is 59.3. The average Bonchev–Trinajstić information content (AvgIpc) is 2.39. The molecule has 0 radical (unpaired) electrons. The molecule has 0 aromatic rings. The van der Waals surface area contributed by atoms with E-state index in [9.17, 15) is 48.0 Å². The summed E-state index contributed by atoms with van der Waals surface area (Å²) in [5.74, 6) is 0. The minimum atomic E-state index is -5.98. The Kier molecular flexibility index (Phi) is 22.3. The second kappa shape index (κ2) is 16.5. The number of rotatable bonds is 8. The maximum absolute atomic E-state index is 11.0. The van der Waals surface area contributed by atoms with E-state index in [0.29, 0.717) is 0 Å². The summed E-state index contributed by atoms with van der Waals surface area (Å²) in [6.45, 7) is 0. The largest absolute Gasteiger partial charge is 1.00 e. The van der Waals surface area contributed by atoms with Crippen molar-refractivity contribution in [3.05, 3.63) is 0 Å². The minimum Gasteiger partial charge on any atom is -0.756 e. The first-order chi connectivity index (χ1) is 12.2. The van der Waals surface area contributed by atoms with Gasteiger partial charge >= 0.3 is 118 Å². The molecule has 0 amide bonds. The third kappa shape index (κ3) is 16.4. The predicted molar refractivity (Wildman–Crippen MR) is 70.8 cm³/mol. The summed E-state index contributed by atoms with van der Waals surface area (Å²) in [5, 5.41) is 19.7. The maximum atomic E-state index is 11.0. The van der Waals surface area contributed by atoms with Crippen LogP contribution in [0.4, 0.5) is 0 Å². The average molecular weight is 588 g/mol. The molecule has 1 rings (SSSR count). The van der Waals surface area contributed by atoms with Crippen LogP contribution in [0, 0.1) is 0 Å². The molecule has 0 aliphatic heterocycles. The summed E-state index contributed by atoms with van der Waals surface area (Å²) >= 11 is 0. The van der Waals surface area contributed by atoms with Crippen molar-refractivity contribution in [1.29, 1.82) is 0 Å². The molecular formula is C6H12Na4O18P4. The number of aliphatic hydroxyl groups is 2. The molecule has 168 valence electrons. The van der Waals surface area contributed by atoms with E-state index < -0.39 is 67.9 Å². The van der Waals surface area contributed by atoms with Gasteiger partial charge in [-0.25, -0.2) is 0 Å². The molecule has 18 nitrogen and oxygen atoms in total. The molecule has 10 atom stereocenters. The fourth-order valence-electron chi connectivity index (χ4n) is 2.25. The van der Waals surface area contributed by atoms with Gasteiger partial charge in [-0.3, -0.25) is 18.3 Å². The molecule has 1 saturated carbocycles. The van der Waals surface area contributed by atoms with Crippen molar-refractivity contribution in [1.82, 2.24) is 0 Å². The summed E-state index contributed by atoms with van der Waals surface area (Å²) in [7, 11) is -23.7. The van der Waals surface area contributed by atoms with E-state index >= 15 is 0 Å². The van der Waals surface area contributed by atoms with Crippen LogP contribution in [0.1, 0.15) is 0 Å². The third-order valence-corrected chi connectivity index (χ3v) is 5.05. The van der Waals surface area contributed by atoms with E-state index in [1.54, 1.807) is 0 Å². The molecule has 1 fully saturated rings. The predicted octanol–water partition coefficient (Wildman–Crippen LogP) is -17.9. The summed E-state index contributed by atoms with van der Waals surface area (Å²) in [5.41, 5.74) is 0. The van der Waals surface area contributed by atoms with E-state index in [-0.39, 0.29) is 118 Å². The quantitative estimate of drug-likeness (QED) is 0.113. The van der Waals surface area contributed by atoms with Crippen LogP contribution >= 0.6 is 31.3 Å². The Morgan fingerprint density at radius 1 is 0.469 bits per heavy atom. The molecule has 0 aromatic carbocycles. The van der Waals surface area contributed by atoms with Gasteiger partial charge in [-0.05, 0) is 0 Å². The van der Waals surface area contributed by atoms with E-state index in [1.807, 2.05) is 0 Å². The van der Waals surface area contributed by atoms with Crippen molar-refractivity contribution in [3.8, 4) is 0 Å². The Bertz CT molecular complexity index is 682. The van der Waals surface area contributed by atoms with E-state index in [0.717, 1.165) is 0 Å². The molecule has 0 heterocycles. The van der Waals surface area contributed by atoms with Crippen LogP contribution in [0.15, 0.2) is 0 Å². The van der Waals surface area contributed by atoms with E-state index in [1.165, 1.54) is 0 Å². The van der Waals surface area contributed by atoms with Gasteiger partial charge in [0.1, 0.15) is 36.6 Å². The van der Waals surface area contributed by atoms with E-state index in [4.69, 9.17) is 19.6 Å². The van der Waals surface area contributed by atoms with Crippen LogP contribution in [-0.4, -0.2) is 66.4 Å². The Balaban J connectivity index is -0.000000980. The van der Waals surface area contributed by atoms with Crippen LogP contribution in [0.5, 0.6) is 0 Å². The second-order valence-corrected chi connectivity index (χ2v) is 9.73. The first-order valence-corrected chi connectivity index (χ1v) is 12.4. The van der Waals surface area contributed by atoms with Gasteiger partial charge in [-0.15, -0.1) is 0 Å². The molecule has 1 aliphatic rings. The van der Waals surface area contributed by atoms with Crippen molar-refractivity contribution in [3.63, 3.8) is 0 Å². The normalized spacial score (nSPS) is 34.9. The molecular weight excluding hydrogens is 576 g/mol. The molecule has 6 N–H and O–H groups in total. The Morgan fingerprint density at radius 3 is 0.781 bits per heavy atom. The Hall–Kier alpha value is 4.36. The first-order valence-electron chi connectivity index (χ1n) is 6.45. The summed E-state index contributed by atoms with van der Waals surface area (Å²) in [6, 6.07) is 0. The van der Waals surface area contributed by atoms with Crippen molar-refractivity contribution < 1.29 is 204 Å². The zero-order valence-electron chi connectivity index (χ0n) is 16.8. The molecule has 0 bridgehead atoms. The number of phosphoric ester groups is 4. The molecule has 0 aromatic heterocycles. The number of hydrogen-bond donors (Lipinski definition) is 6. The first kappa shape index (κ1) is 43.4.